The van der Waals surface area contributed by atoms with Crippen molar-refractivity contribution >= 4 is 29.3 Å². The smallest absolute Gasteiger partial charge is 0.266 e. The third kappa shape index (κ3) is 8.64. The molecule has 0 saturated carbocycles. The zero-order valence-electron chi connectivity index (χ0n) is 18.8. The summed E-state index contributed by atoms with van der Waals surface area (Å²) in [4.78, 5) is 12.6. The van der Waals surface area contributed by atoms with Gasteiger partial charge in [0.2, 0.25) is 0 Å². The maximum absolute atomic E-state index is 12.6. The Morgan fingerprint density at radius 1 is 1.03 bits per heavy atom. The van der Waals surface area contributed by atoms with Gasteiger partial charge in [-0.3, -0.25) is 4.79 Å². The van der Waals surface area contributed by atoms with Crippen molar-refractivity contribution in [1.29, 1.82) is 5.26 Å². The van der Waals surface area contributed by atoms with Crippen molar-refractivity contribution in [3.8, 4) is 17.6 Å². The summed E-state index contributed by atoms with van der Waals surface area (Å²) in [5.74, 6) is 0.815. The maximum atomic E-state index is 12.6. The summed E-state index contributed by atoms with van der Waals surface area (Å²) < 4.78 is 11.3. The molecule has 0 bridgehead atoms. The number of benzene rings is 2. The van der Waals surface area contributed by atoms with Crippen LogP contribution in [0, 0.1) is 11.3 Å². The SMILES string of the molecule is CCCCCCCCOc1ccc(Cl)cc1/C=C(\C#N)C(=O)Nc1ccc(OCC)cc1. The first-order valence-electron chi connectivity index (χ1n) is 11.2. The first kappa shape index (κ1) is 25.3. The minimum atomic E-state index is -0.501. The second-order valence-corrected chi connectivity index (χ2v) is 7.82. The van der Waals surface area contributed by atoms with Crippen LogP contribution in [0.1, 0.15) is 57.9 Å². The maximum Gasteiger partial charge on any atom is 0.266 e. The van der Waals surface area contributed by atoms with Gasteiger partial charge in [-0.1, -0.05) is 50.6 Å². The average molecular weight is 455 g/mol. The van der Waals surface area contributed by atoms with Crippen LogP contribution >= 0.6 is 11.6 Å². The number of anilines is 1. The van der Waals surface area contributed by atoms with Crippen LogP contribution in [0.25, 0.3) is 6.08 Å². The number of hydrogen-bond donors (Lipinski definition) is 1. The Hall–Kier alpha value is -2.97. The van der Waals surface area contributed by atoms with Crippen LogP contribution in [0.4, 0.5) is 5.69 Å². The molecule has 1 N–H and O–H groups in total. The van der Waals surface area contributed by atoms with Crippen LogP contribution in [0.5, 0.6) is 11.5 Å². The van der Waals surface area contributed by atoms with Gasteiger partial charge in [-0.2, -0.15) is 5.26 Å². The fourth-order valence-electron chi connectivity index (χ4n) is 3.13. The Bertz CT molecular complexity index is 933. The van der Waals surface area contributed by atoms with Crippen LogP contribution in [-0.4, -0.2) is 19.1 Å². The van der Waals surface area contributed by atoms with Crippen LogP contribution in [0.15, 0.2) is 48.0 Å². The Labute approximate surface area is 196 Å². The molecule has 6 heteroatoms. The van der Waals surface area contributed by atoms with Crippen LogP contribution in [-0.2, 0) is 4.79 Å². The molecule has 0 aliphatic heterocycles. The lowest BCUT2D eigenvalue weighted by atomic mass is 10.1. The Balaban J connectivity index is 2.04. The molecule has 0 atom stereocenters. The summed E-state index contributed by atoms with van der Waals surface area (Å²) in [5, 5.41) is 12.8. The molecule has 0 aromatic heterocycles. The number of rotatable bonds is 13. The van der Waals surface area contributed by atoms with Crippen LogP contribution < -0.4 is 14.8 Å². The minimum absolute atomic E-state index is 0.0365. The second kappa shape index (κ2) is 14.2. The molecular formula is C26H31ClN2O3. The molecule has 0 unspecified atom stereocenters. The number of nitrogens with zero attached hydrogens (tertiary/aromatic N) is 1. The van der Waals surface area contributed by atoms with E-state index in [1.54, 1.807) is 42.5 Å². The third-order valence-corrected chi connectivity index (χ3v) is 5.05. The highest BCUT2D eigenvalue weighted by Crippen LogP contribution is 2.26. The predicted molar refractivity (Wildman–Crippen MR) is 130 cm³/mol. The van der Waals surface area contributed by atoms with E-state index in [9.17, 15) is 10.1 Å². The molecule has 2 aromatic rings. The molecule has 1 amide bonds. The lowest BCUT2D eigenvalue weighted by Gasteiger charge is -2.11. The van der Waals surface area contributed by atoms with Crippen LogP contribution in [0.2, 0.25) is 5.02 Å². The summed E-state index contributed by atoms with van der Waals surface area (Å²) in [5.41, 5.74) is 1.14. The summed E-state index contributed by atoms with van der Waals surface area (Å²) in [6.45, 7) is 5.25. The number of nitrogens with one attached hydrogen (secondary N) is 1. The van der Waals surface area contributed by atoms with E-state index in [2.05, 4.69) is 12.2 Å². The van der Waals surface area contributed by atoms with Gasteiger partial charge in [-0.05, 0) is 61.9 Å². The first-order chi connectivity index (χ1) is 15.6. The summed E-state index contributed by atoms with van der Waals surface area (Å²) >= 11 is 6.15. The van der Waals surface area contributed by atoms with E-state index in [-0.39, 0.29) is 5.57 Å². The van der Waals surface area contributed by atoms with Gasteiger partial charge in [-0.25, -0.2) is 0 Å². The largest absolute Gasteiger partial charge is 0.494 e. The highest BCUT2D eigenvalue weighted by molar-refractivity contribution is 6.30. The zero-order chi connectivity index (χ0) is 23.2. The van der Waals surface area contributed by atoms with Gasteiger partial charge in [-0.15, -0.1) is 0 Å². The van der Waals surface area contributed by atoms with E-state index in [1.165, 1.54) is 31.8 Å². The van der Waals surface area contributed by atoms with Crippen molar-refractivity contribution < 1.29 is 14.3 Å². The number of halogens is 1. The number of nitriles is 1. The summed E-state index contributed by atoms with van der Waals surface area (Å²) in [6, 6.07) is 14.2. The van der Waals surface area contributed by atoms with Crippen molar-refractivity contribution in [3.63, 3.8) is 0 Å². The van der Waals surface area contributed by atoms with Gasteiger partial charge < -0.3 is 14.8 Å². The van der Waals surface area contributed by atoms with E-state index in [4.69, 9.17) is 21.1 Å². The monoisotopic (exact) mass is 454 g/mol. The van der Waals surface area contributed by atoms with Crippen molar-refractivity contribution in [1.82, 2.24) is 0 Å². The quantitative estimate of drug-likeness (QED) is 0.200. The van der Waals surface area contributed by atoms with Crippen molar-refractivity contribution in [2.45, 2.75) is 52.4 Å². The lowest BCUT2D eigenvalue weighted by molar-refractivity contribution is -0.112. The first-order valence-corrected chi connectivity index (χ1v) is 11.5. The van der Waals surface area contributed by atoms with Gasteiger partial charge >= 0.3 is 0 Å². The molecule has 0 spiro atoms. The highest BCUT2D eigenvalue weighted by Gasteiger charge is 2.12. The zero-order valence-corrected chi connectivity index (χ0v) is 19.6. The van der Waals surface area contributed by atoms with Gasteiger partial charge in [0.15, 0.2) is 0 Å². The van der Waals surface area contributed by atoms with E-state index in [0.29, 0.717) is 41.0 Å². The number of amides is 1. The number of hydrogen-bond acceptors (Lipinski definition) is 4. The van der Waals surface area contributed by atoms with Gasteiger partial charge in [0.1, 0.15) is 23.1 Å². The van der Waals surface area contributed by atoms with Crippen molar-refractivity contribution in [2.24, 2.45) is 0 Å². The second-order valence-electron chi connectivity index (χ2n) is 7.38. The minimum Gasteiger partial charge on any atom is -0.494 e. The molecule has 0 fully saturated rings. The molecule has 5 nitrogen and oxygen atoms in total. The molecular weight excluding hydrogens is 424 g/mol. The van der Waals surface area contributed by atoms with Gasteiger partial charge in [0.05, 0.1) is 13.2 Å². The van der Waals surface area contributed by atoms with Crippen molar-refractivity contribution in [3.05, 3.63) is 58.6 Å². The topological polar surface area (TPSA) is 71.3 Å². The third-order valence-electron chi connectivity index (χ3n) is 4.82. The molecule has 2 aromatic carbocycles. The Morgan fingerprint density at radius 3 is 2.44 bits per heavy atom. The highest BCUT2D eigenvalue weighted by atomic mass is 35.5. The number of ether oxygens (including phenoxy) is 2. The Morgan fingerprint density at radius 2 is 1.75 bits per heavy atom. The molecule has 0 saturated heterocycles. The van der Waals surface area contributed by atoms with E-state index >= 15 is 0 Å². The Kier molecular flexibility index (Phi) is 11.2. The lowest BCUT2D eigenvalue weighted by Crippen LogP contribution is -2.13. The van der Waals surface area contributed by atoms with Gasteiger partial charge in [0.25, 0.3) is 5.91 Å². The van der Waals surface area contributed by atoms with Gasteiger partial charge in [0, 0.05) is 16.3 Å². The average Bonchev–Trinajstić information content (AvgIpc) is 2.79. The molecule has 0 heterocycles. The summed E-state index contributed by atoms with van der Waals surface area (Å²) in [7, 11) is 0. The van der Waals surface area contributed by atoms with E-state index in [1.807, 2.05) is 13.0 Å². The molecule has 2 rings (SSSR count). The molecule has 0 radical (unpaired) electrons. The van der Waals surface area contributed by atoms with E-state index < -0.39 is 5.91 Å². The van der Waals surface area contributed by atoms with E-state index in [0.717, 1.165) is 12.8 Å². The van der Waals surface area contributed by atoms with Crippen molar-refractivity contribution in [2.75, 3.05) is 18.5 Å². The number of carbonyl (C=O) groups excluding carboxylic acids is 1. The normalized spacial score (nSPS) is 11.0. The predicted octanol–water partition coefficient (Wildman–Crippen LogP) is 7.02. The fraction of sp³-hybridized carbons (Fsp3) is 0.385. The standard InChI is InChI=1S/C26H31ClN2O3/c1-3-5-6-7-8-9-16-32-25-15-10-22(27)18-20(25)17-21(19-28)26(30)29-23-11-13-24(14-12-23)31-4-2/h10-15,17-18H,3-9,16H2,1-2H3,(H,29,30)/b21-17+. The van der Waals surface area contributed by atoms with Crippen LogP contribution in [0.3, 0.4) is 0 Å². The molecule has 0 aliphatic carbocycles. The molecule has 170 valence electrons. The molecule has 32 heavy (non-hydrogen) atoms. The number of carbonyl (C=O) groups is 1. The molecule has 0 aliphatic rings. The fourth-order valence-corrected chi connectivity index (χ4v) is 3.31. The number of unbranched alkanes of at least 4 members (excludes halogenated alkanes) is 5. The summed E-state index contributed by atoms with van der Waals surface area (Å²) in [6.07, 6.45) is 8.53.